The van der Waals surface area contributed by atoms with Gasteiger partial charge in [-0.15, -0.1) is 0 Å². The van der Waals surface area contributed by atoms with Crippen molar-refractivity contribution >= 4 is 10.1 Å². The third-order valence-corrected chi connectivity index (χ3v) is 4.62. The SMILES string of the molecule is CC[CH]=[Mo]=[N]c1c(C(C)C)cccc1C(C)C. The van der Waals surface area contributed by atoms with Crippen molar-refractivity contribution < 1.29 is 17.9 Å². The summed E-state index contributed by atoms with van der Waals surface area (Å²) in [6.45, 7) is 11.2. The number of hydrogen-bond donors (Lipinski definition) is 0. The Morgan fingerprint density at radius 3 is 2.06 bits per heavy atom. The van der Waals surface area contributed by atoms with Crippen LogP contribution in [-0.4, -0.2) is 4.40 Å². The molecule has 0 saturated heterocycles. The number of nitrogens with zero attached hydrogens (tertiary/aromatic N) is 1. The maximum absolute atomic E-state index is 4.91. The molecule has 0 aliphatic carbocycles. The van der Waals surface area contributed by atoms with Gasteiger partial charge in [0, 0.05) is 0 Å². The molecule has 0 heterocycles. The fourth-order valence-electron chi connectivity index (χ4n) is 1.78. The van der Waals surface area contributed by atoms with Crippen molar-refractivity contribution in [3.8, 4) is 0 Å². The summed E-state index contributed by atoms with van der Waals surface area (Å²) in [5.74, 6) is 1.11. The topological polar surface area (TPSA) is 12.4 Å². The van der Waals surface area contributed by atoms with Gasteiger partial charge < -0.3 is 0 Å². The number of benzene rings is 1. The van der Waals surface area contributed by atoms with Gasteiger partial charge in [0.25, 0.3) is 0 Å². The van der Waals surface area contributed by atoms with Gasteiger partial charge in [-0.1, -0.05) is 0 Å². The van der Waals surface area contributed by atoms with Gasteiger partial charge in [-0.2, -0.15) is 0 Å². The van der Waals surface area contributed by atoms with E-state index < -0.39 is 0 Å². The van der Waals surface area contributed by atoms with Crippen LogP contribution in [0.2, 0.25) is 0 Å². The molecule has 1 aromatic carbocycles. The molecule has 2 heteroatoms. The summed E-state index contributed by atoms with van der Waals surface area (Å²) in [4.78, 5) is 0. The molecule has 0 amide bonds. The van der Waals surface area contributed by atoms with Crippen LogP contribution in [0.15, 0.2) is 21.7 Å². The van der Waals surface area contributed by atoms with Gasteiger partial charge in [-0.05, 0) is 0 Å². The van der Waals surface area contributed by atoms with E-state index in [4.69, 9.17) is 3.50 Å². The third kappa shape index (κ3) is 4.07. The van der Waals surface area contributed by atoms with Crippen LogP contribution in [0.25, 0.3) is 0 Å². The Bertz CT molecular complexity index is 400. The Labute approximate surface area is 114 Å². The van der Waals surface area contributed by atoms with Gasteiger partial charge >= 0.3 is 114 Å². The average Bonchev–Trinajstić information content (AvgIpc) is 2.28. The van der Waals surface area contributed by atoms with Crippen LogP contribution in [0.1, 0.15) is 64.0 Å². The van der Waals surface area contributed by atoms with E-state index in [1.165, 1.54) is 16.8 Å². The zero-order valence-corrected chi connectivity index (χ0v) is 13.5. The van der Waals surface area contributed by atoms with E-state index in [1.54, 1.807) is 0 Å². The second kappa shape index (κ2) is 7.11. The molecule has 0 spiro atoms. The van der Waals surface area contributed by atoms with Crippen molar-refractivity contribution in [2.75, 3.05) is 0 Å². The monoisotopic (exact) mass is 315 g/mol. The van der Waals surface area contributed by atoms with Crippen molar-refractivity contribution in [3.63, 3.8) is 0 Å². The minimum atomic E-state index is -0.315. The molecule has 0 bridgehead atoms. The minimum absolute atomic E-state index is 0.315. The predicted molar refractivity (Wildman–Crippen MR) is 73.1 cm³/mol. The summed E-state index contributed by atoms with van der Waals surface area (Å²) in [5.41, 5.74) is 4.10. The quantitative estimate of drug-likeness (QED) is 0.690. The van der Waals surface area contributed by atoms with Crippen LogP contribution in [0.3, 0.4) is 0 Å². The van der Waals surface area contributed by atoms with Crippen LogP contribution in [0.4, 0.5) is 5.69 Å². The molecule has 0 aliphatic heterocycles. The van der Waals surface area contributed by atoms with E-state index in [-0.39, 0.29) is 17.9 Å². The standard InChI is InChI=1S/C12H17N.C3H6.Mo/c1-8(2)10-6-5-7-11(9(3)4)12(10)13;1-3-2;/h5-9H,1-4H3;1H,3H2,2H3;. The van der Waals surface area contributed by atoms with E-state index >= 15 is 0 Å². The molecular weight excluding hydrogens is 290 g/mol. The molecule has 0 aromatic heterocycles. The van der Waals surface area contributed by atoms with Crippen molar-refractivity contribution in [2.45, 2.75) is 52.9 Å². The first-order valence-electron chi connectivity index (χ1n) is 6.39. The third-order valence-electron chi connectivity index (χ3n) is 2.73. The predicted octanol–water partition coefficient (Wildman–Crippen LogP) is 5.04. The van der Waals surface area contributed by atoms with E-state index in [1.807, 2.05) is 0 Å². The van der Waals surface area contributed by atoms with Gasteiger partial charge in [-0.25, -0.2) is 0 Å². The molecule has 0 unspecified atom stereocenters. The molecule has 1 aromatic rings. The van der Waals surface area contributed by atoms with Crippen LogP contribution in [-0.2, 0) is 17.9 Å². The van der Waals surface area contributed by atoms with Crippen LogP contribution in [0.5, 0.6) is 0 Å². The Morgan fingerprint density at radius 1 is 1.12 bits per heavy atom. The first kappa shape index (κ1) is 14.6. The van der Waals surface area contributed by atoms with E-state index in [0.717, 1.165) is 6.42 Å². The molecule has 0 fully saturated rings. The second-order valence-electron chi connectivity index (χ2n) is 4.87. The molecule has 0 saturated carbocycles. The normalized spacial score (nSPS) is 10.8. The number of hydrogen-bond acceptors (Lipinski definition) is 1. The molecule has 1 rings (SSSR count). The van der Waals surface area contributed by atoms with Gasteiger partial charge in [-0.3, -0.25) is 0 Å². The maximum atomic E-state index is 4.91. The first-order valence-corrected chi connectivity index (χ1v) is 8.44. The Balaban J connectivity index is 3.33. The van der Waals surface area contributed by atoms with Gasteiger partial charge in [0.15, 0.2) is 0 Å². The summed E-state index contributed by atoms with van der Waals surface area (Å²) >= 11 is -0.315. The van der Waals surface area contributed by atoms with E-state index in [9.17, 15) is 0 Å². The summed E-state index contributed by atoms with van der Waals surface area (Å²) < 4.78 is 7.27. The summed E-state index contributed by atoms with van der Waals surface area (Å²) in [6, 6.07) is 6.64. The average molecular weight is 313 g/mol. The van der Waals surface area contributed by atoms with Crippen molar-refractivity contribution in [1.29, 1.82) is 0 Å². The van der Waals surface area contributed by atoms with E-state index in [0.29, 0.717) is 11.8 Å². The van der Waals surface area contributed by atoms with Crippen molar-refractivity contribution in [1.82, 2.24) is 0 Å². The fraction of sp³-hybridized carbons (Fsp3) is 0.533. The summed E-state index contributed by atoms with van der Waals surface area (Å²) in [7, 11) is 0. The van der Waals surface area contributed by atoms with Gasteiger partial charge in [0.2, 0.25) is 0 Å². The second-order valence-corrected chi connectivity index (χ2v) is 6.65. The molecular formula is C15H23MoN. The van der Waals surface area contributed by atoms with Crippen molar-refractivity contribution in [2.24, 2.45) is 3.50 Å². The molecule has 94 valence electrons. The van der Waals surface area contributed by atoms with Gasteiger partial charge in [0.05, 0.1) is 0 Å². The molecule has 1 nitrogen and oxygen atoms in total. The zero-order valence-electron chi connectivity index (χ0n) is 11.5. The Kier molecular flexibility index (Phi) is 6.12. The first-order chi connectivity index (χ1) is 8.07. The Morgan fingerprint density at radius 2 is 1.65 bits per heavy atom. The molecule has 0 aliphatic rings. The summed E-state index contributed by atoms with van der Waals surface area (Å²) in [6.07, 6.45) is 1.15. The van der Waals surface area contributed by atoms with Crippen LogP contribution < -0.4 is 0 Å². The Hall–Kier alpha value is -0.422. The fourth-order valence-corrected chi connectivity index (χ4v) is 3.11. The van der Waals surface area contributed by atoms with Gasteiger partial charge in [0.1, 0.15) is 0 Å². The van der Waals surface area contributed by atoms with Crippen molar-refractivity contribution in [3.05, 3.63) is 29.3 Å². The molecule has 0 radical (unpaired) electrons. The number of rotatable bonds is 4. The molecule has 17 heavy (non-hydrogen) atoms. The molecule has 0 atom stereocenters. The molecule has 0 N–H and O–H groups in total. The van der Waals surface area contributed by atoms with Crippen LogP contribution in [0, 0.1) is 0 Å². The zero-order chi connectivity index (χ0) is 12.8. The van der Waals surface area contributed by atoms with E-state index in [2.05, 4.69) is 57.2 Å². The van der Waals surface area contributed by atoms with Crippen LogP contribution >= 0.6 is 0 Å². The summed E-state index contributed by atoms with van der Waals surface area (Å²) in [5, 5.41) is 0.